The van der Waals surface area contributed by atoms with Gasteiger partial charge in [-0.05, 0) is 19.3 Å². The summed E-state index contributed by atoms with van der Waals surface area (Å²) < 4.78 is 0. The molecule has 102 valence electrons. The van der Waals surface area contributed by atoms with Crippen molar-refractivity contribution in [3.8, 4) is 0 Å². The van der Waals surface area contributed by atoms with Gasteiger partial charge in [-0.25, -0.2) is 10.0 Å². The molecule has 0 aromatic heterocycles. The molecule has 2 amide bonds. The number of likely N-dealkylation sites (N-methyl/N-ethyl adjacent to an activating group) is 1. The first kappa shape index (κ1) is 13.3. The normalized spacial score (nSPS) is 29.7. The molecule has 0 aromatic rings. The molecule has 2 fully saturated rings. The van der Waals surface area contributed by atoms with Gasteiger partial charge in [-0.1, -0.05) is 0 Å². The zero-order valence-electron chi connectivity index (χ0n) is 11.1. The van der Waals surface area contributed by atoms with Gasteiger partial charge in [0.25, 0.3) is 0 Å². The molecule has 2 heterocycles. The summed E-state index contributed by atoms with van der Waals surface area (Å²) >= 11 is 0. The van der Waals surface area contributed by atoms with Crippen molar-refractivity contribution in [2.45, 2.75) is 25.3 Å². The van der Waals surface area contributed by atoms with E-state index in [1.807, 2.05) is 0 Å². The minimum atomic E-state index is -0.229. The van der Waals surface area contributed by atoms with Crippen LogP contribution in [0.5, 0.6) is 0 Å². The highest BCUT2D eigenvalue weighted by atomic mass is 16.2. The van der Waals surface area contributed by atoms with Gasteiger partial charge in [0.1, 0.15) is 6.04 Å². The predicted octanol–water partition coefficient (Wildman–Crippen LogP) is -0.739. The Hall–Kier alpha value is -1.14. The minimum Gasteiger partial charge on any atom is -0.369 e. The van der Waals surface area contributed by atoms with Crippen LogP contribution in [-0.4, -0.2) is 66.5 Å². The number of carbonyl (C=O) groups excluding carboxylic acids is 2. The van der Waals surface area contributed by atoms with Crippen LogP contribution in [0, 0.1) is 5.92 Å². The average Bonchev–Trinajstić information content (AvgIpc) is 2.96. The molecule has 2 saturated heterocycles. The molecular weight excluding hydrogens is 232 g/mol. The zero-order valence-corrected chi connectivity index (χ0v) is 11.1. The van der Waals surface area contributed by atoms with Crippen molar-refractivity contribution < 1.29 is 9.59 Å². The van der Waals surface area contributed by atoms with Crippen LogP contribution in [0.1, 0.15) is 19.3 Å². The summed E-state index contributed by atoms with van der Waals surface area (Å²) in [6, 6.07) is -0.0633. The van der Waals surface area contributed by atoms with Gasteiger partial charge >= 0.3 is 0 Å². The van der Waals surface area contributed by atoms with E-state index < -0.39 is 0 Å². The second-order valence-electron chi connectivity index (χ2n) is 5.35. The van der Waals surface area contributed by atoms with Crippen molar-refractivity contribution in [2.24, 2.45) is 11.7 Å². The number of amides is 2. The summed E-state index contributed by atoms with van der Waals surface area (Å²) in [7, 11) is 3.57. The first-order valence-corrected chi connectivity index (χ1v) is 6.52. The van der Waals surface area contributed by atoms with E-state index >= 15 is 0 Å². The second-order valence-corrected chi connectivity index (χ2v) is 5.35. The summed E-state index contributed by atoms with van der Waals surface area (Å²) in [4.78, 5) is 24.9. The summed E-state index contributed by atoms with van der Waals surface area (Å²) in [6.45, 7) is 2.38. The monoisotopic (exact) mass is 254 g/mol. The van der Waals surface area contributed by atoms with Crippen molar-refractivity contribution in [1.29, 1.82) is 0 Å². The molecule has 6 nitrogen and oxygen atoms in total. The van der Waals surface area contributed by atoms with Gasteiger partial charge in [0.05, 0.1) is 5.92 Å². The Labute approximate surface area is 108 Å². The number of nitrogens with zero attached hydrogens (tertiary/aromatic N) is 3. The van der Waals surface area contributed by atoms with Gasteiger partial charge in [-0.3, -0.25) is 9.59 Å². The SMILES string of the molecule is CN(C)C(=O)C1CCCN1N1CCC(C(N)=O)C1. The molecule has 0 saturated carbocycles. The molecule has 0 spiro atoms. The lowest BCUT2D eigenvalue weighted by molar-refractivity contribution is -0.140. The Morgan fingerprint density at radius 2 is 1.94 bits per heavy atom. The van der Waals surface area contributed by atoms with E-state index in [4.69, 9.17) is 5.73 Å². The molecule has 2 aliphatic rings. The highest BCUT2D eigenvalue weighted by molar-refractivity contribution is 5.81. The van der Waals surface area contributed by atoms with E-state index in [-0.39, 0.29) is 23.8 Å². The fourth-order valence-electron chi connectivity index (χ4n) is 2.85. The van der Waals surface area contributed by atoms with Gasteiger partial charge in [0.15, 0.2) is 0 Å². The van der Waals surface area contributed by atoms with Crippen LogP contribution in [0.4, 0.5) is 0 Å². The lowest BCUT2D eigenvalue weighted by Gasteiger charge is -2.33. The Balaban J connectivity index is 2.00. The van der Waals surface area contributed by atoms with E-state index in [9.17, 15) is 9.59 Å². The Morgan fingerprint density at radius 1 is 1.22 bits per heavy atom. The summed E-state index contributed by atoms with van der Waals surface area (Å²) in [5.41, 5.74) is 5.34. The Morgan fingerprint density at radius 3 is 2.50 bits per heavy atom. The van der Waals surface area contributed by atoms with Crippen LogP contribution >= 0.6 is 0 Å². The molecule has 6 heteroatoms. The molecule has 0 radical (unpaired) electrons. The van der Waals surface area contributed by atoms with Crippen molar-refractivity contribution in [1.82, 2.24) is 14.9 Å². The summed E-state index contributed by atoms with van der Waals surface area (Å²) in [5, 5.41) is 4.26. The molecule has 0 bridgehead atoms. The number of hydrazine groups is 1. The first-order chi connectivity index (χ1) is 8.50. The fraction of sp³-hybridized carbons (Fsp3) is 0.833. The predicted molar refractivity (Wildman–Crippen MR) is 67.3 cm³/mol. The van der Waals surface area contributed by atoms with Crippen molar-refractivity contribution in [2.75, 3.05) is 33.7 Å². The van der Waals surface area contributed by atoms with Crippen LogP contribution in [0.15, 0.2) is 0 Å². The third kappa shape index (κ3) is 2.49. The lowest BCUT2D eigenvalue weighted by atomic mass is 10.1. The minimum absolute atomic E-state index is 0.0633. The maximum absolute atomic E-state index is 12.1. The lowest BCUT2D eigenvalue weighted by Crippen LogP contribution is -2.50. The Kier molecular flexibility index (Phi) is 3.87. The highest BCUT2D eigenvalue weighted by Gasteiger charge is 2.39. The smallest absolute Gasteiger partial charge is 0.240 e. The van der Waals surface area contributed by atoms with Crippen LogP contribution in [0.3, 0.4) is 0 Å². The van der Waals surface area contributed by atoms with E-state index in [0.29, 0.717) is 6.54 Å². The molecule has 2 atom stereocenters. The van der Waals surface area contributed by atoms with Gasteiger partial charge in [0, 0.05) is 33.7 Å². The zero-order chi connectivity index (χ0) is 13.3. The largest absolute Gasteiger partial charge is 0.369 e. The Bertz CT molecular complexity index is 345. The molecule has 2 rings (SSSR count). The summed E-state index contributed by atoms with van der Waals surface area (Å²) in [5.74, 6) is -0.150. The number of nitrogens with two attached hydrogens (primary N) is 1. The van der Waals surface area contributed by atoms with Crippen molar-refractivity contribution in [3.63, 3.8) is 0 Å². The van der Waals surface area contributed by atoms with E-state index in [2.05, 4.69) is 10.0 Å². The second kappa shape index (κ2) is 5.24. The maximum Gasteiger partial charge on any atom is 0.240 e. The molecule has 2 unspecified atom stereocenters. The third-order valence-corrected chi connectivity index (χ3v) is 3.88. The number of rotatable bonds is 3. The van der Waals surface area contributed by atoms with E-state index in [0.717, 1.165) is 32.4 Å². The number of hydrogen-bond donors (Lipinski definition) is 1. The van der Waals surface area contributed by atoms with Crippen LogP contribution in [0.25, 0.3) is 0 Å². The molecular formula is C12H22N4O2. The fourth-order valence-corrected chi connectivity index (χ4v) is 2.85. The van der Waals surface area contributed by atoms with Crippen molar-refractivity contribution >= 4 is 11.8 Å². The van der Waals surface area contributed by atoms with E-state index in [1.54, 1.807) is 19.0 Å². The average molecular weight is 254 g/mol. The number of carbonyl (C=O) groups is 2. The van der Waals surface area contributed by atoms with Crippen molar-refractivity contribution in [3.05, 3.63) is 0 Å². The third-order valence-electron chi connectivity index (χ3n) is 3.88. The molecule has 2 aliphatic heterocycles. The highest BCUT2D eigenvalue weighted by Crippen LogP contribution is 2.26. The van der Waals surface area contributed by atoms with Gasteiger partial charge < -0.3 is 10.6 Å². The van der Waals surface area contributed by atoms with Crippen LogP contribution in [0.2, 0.25) is 0 Å². The molecule has 18 heavy (non-hydrogen) atoms. The van der Waals surface area contributed by atoms with Gasteiger partial charge in [0.2, 0.25) is 11.8 Å². The van der Waals surface area contributed by atoms with Crippen LogP contribution in [-0.2, 0) is 9.59 Å². The molecule has 2 N–H and O–H groups in total. The molecule has 0 aromatic carbocycles. The summed E-state index contributed by atoms with van der Waals surface area (Å²) in [6.07, 6.45) is 2.73. The number of hydrogen-bond acceptors (Lipinski definition) is 4. The standard InChI is InChI=1S/C12H22N4O2/c1-14(2)12(18)10-4-3-6-16(10)15-7-5-9(8-15)11(13)17/h9-10H,3-8H2,1-2H3,(H2,13,17). The number of primary amides is 1. The van der Waals surface area contributed by atoms with E-state index in [1.165, 1.54) is 0 Å². The molecule has 0 aliphatic carbocycles. The first-order valence-electron chi connectivity index (χ1n) is 6.52. The maximum atomic E-state index is 12.1. The van der Waals surface area contributed by atoms with Crippen LogP contribution < -0.4 is 5.73 Å². The van der Waals surface area contributed by atoms with Gasteiger partial charge in [-0.2, -0.15) is 0 Å². The quantitative estimate of drug-likeness (QED) is 0.720. The topological polar surface area (TPSA) is 69.9 Å². The van der Waals surface area contributed by atoms with Gasteiger partial charge in [-0.15, -0.1) is 0 Å².